The van der Waals surface area contributed by atoms with Crippen LogP contribution in [0.4, 0.5) is 4.79 Å². The van der Waals surface area contributed by atoms with Crippen molar-refractivity contribution in [1.29, 1.82) is 0 Å². The third-order valence-electron chi connectivity index (χ3n) is 2.57. The largest absolute Gasteiger partial charge is 0.444 e. The van der Waals surface area contributed by atoms with E-state index in [4.69, 9.17) is 9.29 Å². The molecule has 0 heterocycles. The fraction of sp³-hybridized carbons (Fsp3) is 0.562. The van der Waals surface area contributed by atoms with Gasteiger partial charge in [0.2, 0.25) is 0 Å². The average molecular weight is 361 g/mol. The molecule has 1 amide bonds. The van der Waals surface area contributed by atoms with E-state index in [0.717, 1.165) is 6.42 Å². The minimum absolute atomic E-state index is 0.0912. The van der Waals surface area contributed by atoms with Gasteiger partial charge < -0.3 is 15.2 Å². The van der Waals surface area contributed by atoms with Crippen molar-refractivity contribution in [3.8, 4) is 0 Å². The lowest BCUT2D eigenvalue weighted by atomic mass is 10.1. The van der Waals surface area contributed by atoms with E-state index in [1.807, 2.05) is 51.1 Å². The van der Waals surface area contributed by atoms with Gasteiger partial charge in [-0.3, -0.25) is 4.55 Å². The van der Waals surface area contributed by atoms with E-state index in [0.29, 0.717) is 12.7 Å². The van der Waals surface area contributed by atoms with Gasteiger partial charge in [0.05, 0.1) is 18.9 Å². The predicted molar refractivity (Wildman–Crippen MR) is 92.5 cm³/mol. The second kappa shape index (κ2) is 10.3. The first-order valence-corrected chi connectivity index (χ1v) is 9.32. The molecule has 24 heavy (non-hydrogen) atoms. The maximum atomic E-state index is 11.6. The van der Waals surface area contributed by atoms with E-state index in [1.165, 1.54) is 5.56 Å². The first-order valence-electron chi connectivity index (χ1n) is 7.47. The van der Waals surface area contributed by atoms with Gasteiger partial charge in [0.15, 0.2) is 0 Å². The average Bonchev–Trinajstić information content (AvgIpc) is 2.40. The van der Waals surface area contributed by atoms with Crippen molar-refractivity contribution in [3.05, 3.63) is 35.9 Å². The third-order valence-corrected chi connectivity index (χ3v) is 2.57. The van der Waals surface area contributed by atoms with E-state index in [1.54, 1.807) is 0 Å². The fourth-order valence-electron chi connectivity index (χ4n) is 1.67. The summed E-state index contributed by atoms with van der Waals surface area (Å²) in [5.74, 6) is 0. The van der Waals surface area contributed by atoms with Gasteiger partial charge in [-0.15, -0.1) is 0 Å². The Bertz CT molecular complexity index is 572. The molecule has 0 aromatic heterocycles. The van der Waals surface area contributed by atoms with Gasteiger partial charge in [0, 0.05) is 0 Å². The number of nitrogens with one attached hydrogen (secondary N) is 1. The standard InChI is InChI=1S/C15H23NO3.CH4O3S/c1-15(2,3)19-14(18)16-13(11-17)10-9-12-7-5-4-6-8-12;1-5(2,3)4/h4-8,13,17H,9-11H2,1-3H3,(H,16,18);1H3,(H,2,3,4)/t13-;/m0./s1. The summed E-state index contributed by atoms with van der Waals surface area (Å²) < 4.78 is 31.0. The molecule has 1 rings (SSSR count). The highest BCUT2D eigenvalue weighted by Gasteiger charge is 2.18. The number of benzene rings is 1. The van der Waals surface area contributed by atoms with Crippen molar-refractivity contribution in [2.24, 2.45) is 0 Å². The summed E-state index contributed by atoms with van der Waals surface area (Å²) in [5.41, 5.74) is 0.663. The molecular weight excluding hydrogens is 334 g/mol. The van der Waals surface area contributed by atoms with Crippen molar-refractivity contribution in [1.82, 2.24) is 5.32 Å². The fourth-order valence-corrected chi connectivity index (χ4v) is 1.67. The van der Waals surface area contributed by atoms with Gasteiger partial charge in [-0.25, -0.2) is 4.79 Å². The Morgan fingerprint density at radius 3 is 2.17 bits per heavy atom. The van der Waals surface area contributed by atoms with Gasteiger partial charge in [-0.2, -0.15) is 8.42 Å². The van der Waals surface area contributed by atoms with Gasteiger partial charge in [0.1, 0.15) is 5.60 Å². The summed E-state index contributed by atoms with van der Waals surface area (Å²) in [6, 6.07) is 9.69. The Labute approximate surface area is 143 Å². The van der Waals surface area contributed by atoms with Crippen LogP contribution in [0.1, 0.15) is 32.8 Å². The SMILES string of the molecule is CC(C)(C)OC(=O)N[C@H](CO)CCc1ccccc1.CS(=O)(=O)O. The number of aryl methyl sites for hydroxylation is 1. The minimum atomic E-state index is -3.67. The molecule has 0 saturated carbocycles. The molecule has 8 heteroatoms. The molecule has 0 spiro atoms. The van der Waals surface area contributed by atoms with Crippen molar-refractivity contribution >= 4 is 16.2 Å². The normalized spacial score (nSPS) is 12.6. The number of aliphatic hydroxyl groups excluding tert-OH is 1. The zero-order valence-corrected chi connectivity index (χ0v) is 15.3. The molecule has 3 N–H and O–H groups in total. The minimum Gasteiger partial charge on any atom is -0.444 e. The van der Waals surface area contributed by atoms with E-state index in [-0.39, 0.29) is 12.6 Å². The number of alkyl carbamates (subject to hydrolysis) is 1. The van der Waals surface area contributed by atoms with Crippen molar-refractivity contribution in [2.45, 2.75) is 45.3 Å². The van der Waals surface area contributed by atoms with Crippen LogP contribution in [0, 0.1) is 0 Å². The summed E-state index contributed by atoms with van der Waals surface area (Å²) in [4.78, 5) is 11.6. The van der Waals surface area contributed by atoms with Gasteiger partial charge >= 0.3 is 6.09 Å². The summed E-state index contributed by atoms with van der Waals surface area (Å²) >= 11 is 0. The summed E-state index contributed by atoms with van der Waals surface area (Å²) in [6.45, 7) is 5.34. The number of aliphatic hydroxyl groups is 1. The molecule has 7 nitrogen and oxygen atoms in total. The molecular formula is C16H27NO6S. The smallest absolute Gasteiger partial charge is 0.407 e. The van der Waals surface area contributed by atoms with Crippen molar-refractivity contribution in [3.63, 3.8) is 0 Å². The van der Waals surface area contributed by atoms with Crippen LogP contribution in [-0.2, 0) is 21.3 Å². The molecule has 0 aliphatic rings. The van der Waals surface area contributed by atoms with Crippen LogP contribution in [0.5, 0.6) is 0 Å². The number of amides is 1. The molecule has 0 aliphatic carbocycles. The first-order chi connectivity index (χ1) is 10.9. The van der Waals surface area contributed by atoms with Gasteiger partial charge in [-0.1, -0.05) is 30.3 Å². The highest BCUT2D eigenvalue weighted by Crippen LogP contribution is 2.08. The van der Waals surface area contributed by atoms with E-state index < -0.39 is 21.8 Å². The van der Waals surface area contributed by atoms with Crippen LogP contribution < -0.4 is 5.32 Å². The van der Waals surface area contributed by atoms with Crippen LogP contribution in [-0.4, -0.2) is 48.7 Å². The zero-order valence-electron chi connectivity index (χ0n) is 14.5. The van der Waals surface area contributed by atoms with Crippen LogP contribution in [0.3, 0.4) is 0 Å². The van der Waals surface area contributed by atoms with Crippen LogP contribution in [0.15, 0.2) is 30.3 Å². The molecule has 1 aromatic rings. The van der Waals surface area contributed by atoms with E-state index >= 15 is 0 Å². The number of ether oxygens (including phenoxy) is 1. The second-order valence-electron chi connectivity index (χ2n) is 6.28. The van der Waals surface area contributed by atoms with Gasteiger partial charge in [-0.05, 0) is 39.2 Å². The number of hydrogen-bond acceptors (Lipinski definition) is 5. The highest BCUT2D eigenvalue weighted by atomic mass is 32.2. The Hall–Kier alpha value is -1.64. The molecule has 0 bridgehead atoms. The lowest BCUT2D eigenvalue weighted by molar-refractivity contribution is 0.0479. The molecule has 0 unspecified atom stereocenters. The van der Waals surface area contributed by atoms with Crippen molar-refractivity contribution < 1.29 is 27.6 Å². The lowest BCUT2D eigenvalue weighted by Crippen LogP contribution is -2.41. The van der Waals surface area contributed by atoms with Crippen LogP contribution in [0.2, 0.25) is 0 Å². The number of carbonyl (C=O) groups is 1. The maximum absolute atomic E-state index is 11.6. The summed E-state index contributed by atoms with van der Waals surface area (Å²) in [7, 11) is -3.67. The first kappa shape index (κ1) is 22.4. The molecule has 0 fully saturated rings. The molecule has 1 aromatic carbocycles. The third kappa shape index (κ3) is 15.3. The quantitative estimate of drug-likeness (QED) is 0.692. The molecule has 0 aliphatic heterocycles. The van der Waals surface area contributed by atoms with Gasteiger partial charge in [0.25, 0.3) is 10.1 Å². The molecule has 138 valence electrons. The van der Waals surface area contributed by atoms with Crippen molar-refractivity contribution in [2.75, 3.05) is 12.9 Å². The zero-order chi connectivity index (χ0) is 18.8. The highest BCUT2D eigenvalue weighted by molar-refractivity contribution is 7.85. The summed E-state index contributed by atoms with van der Waals surface area (Å²) in [5, 5.41) is 12.0. The number of carbonyl (C=O) groups excluding carboxylic acids is 1. The Balaban J connectivity index is 0.000000922. The maximum Gasteiger partial charge on any atom is 0.407 e. The Morgan fingerprint density at radius 2 is 1.75 bits per heavy atom. The van der Waals surface area contributed by atoms with Crippen LogP contribution >= 0.6 is 0 Å². The topological polar surface area (TPSA) is 113 Å². The lowest BCUT2D eigenvalue weighted by Gasteiger charge is -2.22. The van der Waals surface area contributed by atoms with E-state index in [2.05, 4.69) is 5.32 Å². The Morgan fingerprint density at radius 1 is 1.25 bits per heavy atom. The number of hydrogen-bond donors (Lipinski definition) is 3. The predicted octanol–water partition coefficient (Wildman–Crippen LogP) is 2.01. The Kier molecular flexibility index (Phi) is 9.57. The second-order valence-corrected chi connectivity index (χ2v) is 7.75. The number of rotatable bonds is 5. The molecule has 0 radical (unpaired) electrons. The molecule has 1 atom stereocenters. The van der Waals surface area contributed by atoms with E-state index in [9.17, 15) is 18.3 Å². The summed E-state index contributed by atoms with van der Waals surface area (Å²) in [6.07, 6.45) is 1.72. The van der Waals surface area contributed by atoms with Crippen LogP contribution in [0.25, 0.3) is 0 Å². The molecule has 0 saturated heterocycles. The monoisotopic (exact) mass is 361 g/mol.